The molecule has 1 aliphatic rings. The fourth-order valence-corrected chi connectivity index (χ4v) is 4.41. The standard InChI is InChI=1S/C23H30N2O4S/c1-16(2)19-10-8-18(9-11-19)6-5-13-24-23(26)22-15-25(30(4,27)28)20-14-17(3)7-12-21(20)29-22/h7-12,14,16,22H,5-6,13,15H2,1-4H3,(H,24,26)/t22-/m0/s1. The molecule has 0 aromatic heterocycles. The van der Waals surface area contributed by atoms with Gasteiger partial charge in [0.2, 0.25) is 10.0 Å². The molecule has 162 valence electrons. The van der Waals surface area contributed by atoms with Crippen LogP contribution in [0.25, 0.3) is 0 Å². The highest BCUT2D eigenvalue weighted by Crippen LogP contribution is 2.35. The maximum atomic E-state index is 12.6. The molecule has 0 fully saturated rings. The fourth-order valence-electron chi connectivity index (χ4n) is 3.50. The Morgan fingerprint density at radius 2 is 1.90 bits per heavy atom. The number of ether oxygens (including phenoxy) is 1. The van der Waals surface area contributed by atoms with E-state index in [1.807, 2.05) is 13.0 Å². The first-order valence-electron chi connectivity index (χ1n) is 10.3. The smallest absolute Gasteiger partial charge is 0.263 e. The highest BCUT2D eigenvalue weighted by molar-refractivity contribution is 7.92. The molecule has 6 nitrogen and oxygen atoms in total. The first-order chi connectivity index (χ1) is 14.1. The summed E-state index contributed by atoms with van der Waals surface area (Å²) in [6.45, 7) is 6.70. The number of carbonyl (C=O) groups excluding carboxylic acids is 1. The Morgan fingerprint density at radius 3 is 2.53 bits per heavy atom. The van der Waals surface area contributed by atoms with Crippen molar-refractivity contribution in [3.63, 3.8) is 0 Å². The van der Waals surface area contributed by atoms with Crippen molar-refractivity contribution in [2.45, 2.75) is 45.6 Å². The minimum Gasteiger partial charge on any atom is -0.476 e. The topological polar surface area (TPSA) is 75.7 Å². The van der Waals surface area contributed by atoms with Crippen molar-refractivity contribution in [2.24, 2.45) is 0 Å². The fraction of sp³-hybridized carbons (Fsp3) is 0.435. The van der Waals surface area contributed by atoms with Crippen LogP contribution in [0.5, 0.6) is 5.75 Å². The van der Waals surface area contributed by atoms with Crippen LogP contribution in [0.2, 0.25) is 0 Å². The van der Waals surface area contributed by atoms with Gasteiger partial charge in [0.1, 0.15) is 5.75 Å². The molecule has 0 bridgehead atoms. The zero-order chi connectivity index (χ0) is 21.9. The average Bonchev–Trinajstić information content (AvgIpc) is 2.69. The van der Waals surface area contributed by atoms with Gasteiger partial charge in [0.05, 0.1) is 18.5 Å². The summed E-state index contributed by atoms with van der Waals surface area (Å²) in [7, 11) is -3.52. The summed E-state index contributed by atoms with van der Waals surface area (Å²) in [6.07, 6.45) is 1.93. The molecule has 1 aliphatic heterocycles. The molecular formula is C23H30N2O4S. The minimum absolute atomic E-state index is 0.0300. The minimum atomic E-state index is -3.52. The highest BCUT2D eigenvalue weighted by Gasteiger charge is 2.34. The molecule has 0 saturated carbocycles. The number of aryl methyl sites for hydroxylation is 2. The lowest BCUT2D eigenvalue weighted by Gasteiger charge is -2.34. The normalized spacial score (nSPS) is 16.2. The van der Waals surface area contributed by atoms with Gasteiger partial charge in [-0.3, -0.25) is 9.10 Å². The molecule has 1 atom stereocenters. The summed E-state index contributed by atoms with van der Waals surface area (Å²) in [5.74, 6) is 0.613. The van der Waals surface area contributed by atoms with Crippen LogP contribution in [0.4, 0.5) is 5.69 Å². The van der Waals surface area contributed by atoms with Crippen molar-refractivity contribution in [1.29, 1.82) is 0 Å². The van der Waals surface area contributed by atoms with E-state index in [-0.39, 0.29) is 12.5 Å². The summed E-state index contributed by atoms with van der Waals surface area (Å²) in [5, 5.41) is 2.88. The number of hydrogen-bond donors (Lipinski definition) is 1. The van der Waals surface area contributed by atoms with E-state index in [0.29, 0.717) is 23.9 Å². The van der Waals surface area contributed by atoms with Gasteiger partial charge in [0.25, 0.3) is 5.91 Å². The second kappa shape index (κ2) is 9.08. The third-order valence-electron chi connectivity index (χ3n) is 5.26. The molecule has 1 heterocycles. The lowest BCUT2D eigenvalue weighted by atomic mass is 10.0. The molecule has 0 spiro atoms. The van der Waals surface area contributed by atoms with Gasteiger partial charge in [-0.1, -0.05) is 44.2 Å². The molecule has 0 radical (unpaired) electrons. The van der Waals surface area contributed by atoms with Gasteiger partial charge in [-0.2, -0.15) is 0 Å². The van der Waals surface area contributed by atoms with Crippen LogP contribution in [0.1, 0.15) is 42.9 Å². The number of sulfonamides is 1. The number of carbonyl (C=O) groups is 1. The van der Waals surface area contributed by atoms with Crippen molar-refractivity contribution >= 4 is 21.6 Å². The molecule has 2 aromatic carbocycles. The van der Waals surface area contributed by atoms with E-state index in [9.17, 15) is 13.2 Å². The highest BCUT2D eigenvalue weighted by atomic mass is 32.2. The Bertz CT molecular complexity index is 1000. The molecule has 0 saturated heterocycles. The molecule has 3 rings (SSSR count). The summed E-state index contributed by atoms with van der Waals surface area (Å²) >= 11 is 0. The number of rotatable bonds is 7. The SMILES string of the molecule is Cc1ccc2c(c1)N(S(C)(=O)=O)C[C@@H](C(=O)NCCCc1ccc(C(C)C)cc1)O2. The van der Waals surface area contributed by atoms with Crippen molar-refractivity contribution in [2.75, 3.05) is 23.7 Å². The molecule has 0 aliphatic carbocycles. The van der Waals surface area contributed by atoms with Crippen LogP contribution in [0.3, 0.4) is 0 Å². The van der Waals surface area contributed by atoms with Crippen molar-refractivity contribution < 1.29 is 17.9 Å². The number of nitrogens with one attached hydrogen (secondary N) is 1. The maximum absolute atomic E-state index is 12.6. The lowest BCUT2D eigenvalue weighted by molar-refractivity contribution is -0.127. The van der Waals surface area contributed by atoms with Crippen LogP contribution in [-0.4, -0.2) is 39.8 Å². The monoisotopic (exact) mass is 430 g/mol. The molecule has 0 unspecified atom stereocenters. The van der Waals surface area contributed by atoms with E-state index >= 15 is 0 Å². The van der Waals surface area contributed by atoms with E-state index < -0.39 is 16.1 Å². The Kier molecular flexibility index (Phi) is 6.71. The number of hydrogen-bond acceptors (Lipinski definition) is 4. The largest absolute Gasteiger partial charge is 0.476 e. The molecule has 30 heavy (non-hydrogen) atoms. The van der Waals surface area contributed by atoms with Crippen LogP contribution in [-0.2, 0) is 21.2 Å². The zero-order valence-corrected chi connectivity index (χ0v) is 18.8. The Morgan fingerprint density at radius 1 is 1.20 bits per heavy atom. The third kappa shape index (κ3) is 5.33. The zero-order valence-electron chi connectivity index (χ0n) is 18.0. The van der Waals surface area contributed by atoms with E-state index in [1.165, 1.54) is 15.4 Å². The van der Waals surface area contributed by atoms with Crippen LogP contribution in [0.15, 0.2) is 42.5 Å². The van der Waals surface area contributed by atoms with Gasteiger partial charge < -0.3 is 10.1 Å². The van der Waals surface area contributed by atoms with E-state index in [2.05, 4.69) is 43.4 Å². The molecule has 1 N–H and O–H groups in total. The summed E-state index contributed by atoms with van der Waals surface area (Å²) in [6, 6.07) is 13.9. The first kappa shape index (κ1) is 22.2. The number of nitrogens with zero attached hydrogens (tertiary/aromatic N) is 1. The van der Waals surface area contributed by atoms with Gasteiger partial charge in [0, 0.05) is 6.54 Å². The van der Waals surface area contributed by atoms with Gasteiger partial charge in [-0.25, -0.2) is 8.42 Å². The van der Waals surface area contributed by atoms with Gasteiger partial charge in [-0.15, -0.1) is 0 Å². The maximum Gasteiger partial charge on any atom is 0.263 e. The molecule has 7 heteroatoms. The Labute approximate surface area is 179 Å². The number of benzene rings is 2. The van der Waals surface area contributed by atoms with Crippen molar-refractivity contribution in [1.82, 2.24) is 5.32 Å². The quantitative estimate of drug-likeness (QED) is 0.683. The lowest BCUT2D eigenvalue weighted by Crippen LogP contribution is -2.50. The van der Waals surface area contributed by atoms with Gasteiger partial charge in [0.15, 0.2) is 6.10 Å². The summed E-state index contributed by atoms with van der Waals surface area (Å²) in [4.78, 5) is 12.6. The second-order valence-electron chi connectivity index (χ2n) is 8.16. The van der Waals surface area contributed by atoms with Crippen LogP contribution >= 0.6 is 0 Å². The van der Waals surface area contributed by atoms with E-state index in [1.54, 1.807) is 12.1 Å². The van der Waals surface area contributed by atoms with Crippen molar-refractivity contribution in [3.8, 4) is 5.75 Å². The Hall–Kier alpha value is -2.54. The predicted molar refractivity (Wildman–Crippen MR) is 120 cm³/mol. The summed E-state index contributed by atoms with van der Waals surface area (Å²) in [5.41, 5.74) is 3.95. The number of fused-ring (bicyclic) bond motifs is 1. The number of amides is 1. The third-order valence-corrected chi connectivity index (χ3v) is 6.41. The molecule has 1 amide bonds. The average molecular weight is 431 g/mol. The predicted octanol–water partition coefficient (Wildman–Crippen LogP) is 3.39. The van der Waals surface area contributed by atoms with Crippen molar-refractivity contribution in [3.05, 3.63) is 59.2 Å². The number of anilines is 1. The second-order valence-corrected chi connectivity index (χ2v) is 10.1. The van der Waals surface area contributed by atoms with Crippen LogP contribution in [0, 0.1) is 6.92 Å². The Balaban J connectivity index is 1.57. The molecular weight excluding hydrogens is 400 g/mol. The van der Waals surface area contributed by atoms with Crippen LogP contribution < -0.4 is 14.4 Å². The summed E-state index contributed by atoms with van der Waals surface area (Å²) < 4.78 is 31.6. The van der Waals surface area contributed by atoms with E-state index in [0.717, 1.165) is 24.7 Å². The molecule has 2 aromatic rings. The van der Waals surface area contributed by atoms with E-state index in [4.69, 9.17) is 4.74 Å². The van der Waals surface area contributed by atoms with Gasteiger partial charge >= 0.3 is 0 Å². The van der Waals surface area contributed by atoms with Gasteiger partial charge in [-0.05, 0) is 54.5 Å². The first-order valence-corrected chi connectivity index (χ1v) is 12.1.